The lowest BCUT2D eigenvalue weighted by Crippen LogP contribution is -2.38. The van der Waals surface area contributed by atoms with Gasteiger partial charge in [-0.2, -0.15) is 0 Å². The number of pyridine rings is 1. The topological polar surface area (TPSA) is 54.5 Å². The molecule has 3 aromatic carbocycles. The Hall–Kier alpha value is -3.64. The molecule has 0 spiro atoms. The molecule has 0 bridgehead atoms. The van der Waals surface area contributed by atoms with E-state index in [9.17, 15) is 9.18 Å². The van der Waals surface area contributed by atoms with E-state index >= 15 is 0 Å². The van der Waals surface area contributed by atoms with E-state index < -0.39 is 11.9 Å². The average Bonchev–Trinajstić information content (AvgIpc) is 2.84. The number of nitrogens with zero attached hydrogens (tertiary/aromatic N) is 2. The number of amides is 2. The first kappa shape index (κ1) is 22.6. The Balaban J connectivity index is 1.81. The monoisotopic (exact) mass is 463 g/mol. The van der Waals surface area contributed by atoms with Crippen molar-refractivity contribution in [3.05, 3.63) is 101 Å². The van der Waals surface area contributed by atoms with Crippen LogP contribution in [0.1, 0.15) is 24.1 Å². The van der Waals surface area contributed by atoms with E-state index in [0.29, 0.717) is 18.1 Å². The van der Waals surface area contributed by atoms with E-state index in [1.807, 2.05) is 61.5 Å². The maximum Gasteiger partial charge on any atom is 0.322 e. The minimum absolute atomic E-state index is 0.0548. The number of rotatable bonds is 6. The van der Waals surface area contributed by atoms with E-state index in [-0.39, 0.29) is 11.1 Å². The predicted octanol–water partition coefficient (Wildman–Crippen LogP) is 6.68. The summed E-state index contributed by atoms with van der Waals surface area (Å²) < 4.78 is 19.0. The Morgan fingerprint density at radius 2 is 1.79 bits per heavy atom. The zero-order chi connectivity index (χ0) is 23.4. The highest BCUT2D eigenvalue weighted by Crippen LogP contribution is 2.36. The fourth-order valence-corrected chi connectivity index (χ4v) is 4.13. The Kier molecular flexibility index (Phi) is 6.75. The summed E-state index contributed by atoms with van der Waals surface area (Å²) in [5.41, 5.74) is 2.21. The van der Waals surface area contributed by atoms with Gasteiger partial charge in [0.1, 0.15) is 5.82 Å². The van der Waals surface area contributed by atoms with Gasteiger partial charge >= 0.3 is 6.03 Å². The van der Waals surface area contributed by atoms with Crippen molar-refractivity contribution in [2.24, 2.45) is 0 Å². The summed E-state index contributed by atoms with van der Waals surface area (Å²) >= 11 is 5.90. The van der Waals surface area contributed by atoms with Gasteiger partial charge in [-0.3, -0.25) is 0 Å². The van der Waals surface area contributed by atoms with Crippen LogP contribution in [0.25, 0.3) is 10.8 Å². The van der Waals surface area contributed by atoms with Crippen LogP contribution < -0.4 is 10.1 Å². The molecule has 1 heterocycles. The van der Waals surface area contributed by atoms with Gasteiger partial charge in [-0.05, 0) is 42.1 Å². The number of aromatic nitrogens is 1. The van der Waals surface area contributed by atoms with Gasteiger partial charge in [-0.1, -0.05) is 60.1 Å². The van der Waals surface area contributed by atoms with Crippen molar-refractivity contribution in [1.29, 1.82) is 0 Å². The van der Waals surface area contributed by atoms with Crippen molar-refractivity contribution in [3.63, 3.8) is 0 Å². The molecule has 0 aliphatic heterocycles. The number of nitrogens with one attached hydrogen (secondary N) is 1. The SMILES string of the molecule is CCN(C(=O)Nc1ccc(F)c(Cl)c1)C(c1ccccc1)c1cnc(OC)c2ccccc12. The largest absolute Gasteiger partial charge is 0.481 e. The van der Waals surface area contributed by atoms with E-state index in [1.165, 1.54) is 18.2 Å². The van der Waals surface area contributed by atoms with Crippen molar-refractivity contribution in [2.45, 2.75) is 13.0 Å². The van der Waals surface area contributed by atoms with Crippen LogP contribution in [0.4, 0.5) is 14.9 Å². The summed E-state index contributed by atoms with van der Waals surface area (Å²) in [5, 5.41) is 4.59. The molecule has 0 saturated carbocycles. The first-order valence-corrected chi connectivity index (χ1v) is 10.9. The molecule has 0 fully saturated rings. The molecule has 7 heteroatoms. The highest BCUT2D eigenvalue weighted by molar-refractivity contribution is 6.31. The second-order valence-electron chi connectivity index (χ2n) is 7.43. The number of methoxy groups -OCH3 is 1. The second kappa shape index (κ2) is 9.88. The van der Waals surface area contributed by atoms with Crippen LogP contribution >= 0.6 is 11.6 Å². The van der Waals surface area contributed by atoms with E-state index in [4.69, 9.17) is 16.3 Å². The minimum Gasteiger partial charge on any atom is -0.481 e. The normalized spacial score (nSPS) is 11.8. The molecule has 33 heavy (non-hydrogen) atoms. The summed E-state index contributed by atoms with van der Waals surface area (Å²) in [6.07, 6.45) is 1.75. The van der Waals surface area contributed by atoms with Gasteiger partial charge in [0.15, 0.2) is 0 Å². The maximum absolute atomic E-state index is 13.6. The van der Waals surface area contributed by atoms with Crippen molar-refractivity contribution in [1.82, 2.24) is 9.88 Å². The first-order chi connectivity index (χ1) is 16.0. The zero-order valence-corrected chi connectivity index (χ0v) is 19.0. The van der Waals surface area contributed by atoms with E-state index in [2.05, 4.69) is 10.3 Å². The predicted molar refractivity (Wildman–Crippen MR) is 129 cm³/mol. The maximum atomic E-state index is 13.6. The summed E-state index contributed by atoms with van der Waals surface area (Å²) in [5.74, 6) is -0.0189. The molecule has 1 atom stereocenters. The number of carbonyl (C=O) groups is 1. The zero-order valence-electron chi connectivity index (χ0n) is 18.3. The summed E-state index contributed by atoms with van der Waals surface area (Å²) in [6, 6.07) is 20.9. The Morgan fingerprint density at radius 1 is 1.09 bits per heavy atom. The molecule has 0 radical (unpaired) electrons. The molecular formula is C26H23ClFN3O2. The number of benzene rings is 3. The lowest BCUT2D eigenvalue weighted by atomic mass is 9.94. The van der Waals surface area contributed by atoms with Crippen LogP contribution in [-0.4, -0.2) is 29.6 Å². The van der Waals surface area contributed by atoms with Gasteiger partial charge in [0.2, 0.25) is 5.88 Å². The smallest absolute Gasteiger partial charge is 0.322 e. The standard InChI is InChI=1S/C26H23ClFN3O2/c1-3-31(26(32)30-18-13-14-23(28)22(27)15-18)24(17-9-5-4-6-10-17)21-16-29-25(33-2)20-12-8-7-11-19(20)21/h4-16,24H,3H2,1-2H3,(H,30,32). The van der Waals surface area contributed by atoms with Crippen LogP contribution in [0.2, 0.25) is 5.02 Å². The fourth-order valence-electron chi connectivity index (χ4n) is 3.94. The number of anilines is 1. The molecule has 0 aliphatic carbocycles. The third-order valence-electron chi connectivity index (χ3n) is 5.48. The van der Waals surface area contributed by atoms with E-state index in [0.717, 1.165) is 21.9 Å². The Labute approximate surface area is 196 Å². The molecule has 0 aliphatic rings. The highest BCUT2D eigenvalue weighted by atomic mass is 35.5. The van der Waals surface area contributed by atoms with Gasteiger partial charge in [0.05, 0.1) is 18.2 Å². The second-order valence-corrected chi connectivity index (χ2v) is 7.83. The quantitative estimate of drug-likeness (QED) is 0.347. The number of hydrogen-bond donors (Lipinski definition) is 1. The third-order valence-corrected chi connectivity index (χ3v) is 5.77. The lowest BCUT2D eigenvalue weighted by molar-refractivity contribution is 0.202. The van der Waals surface area contributed by atoms with Crippen LogP contribution in [0, 0.1) is 5.82 Å². The van der Waals surface area contributed by atoms with Gasteiger partial charge < -0.3 is 15.0 Å². The number of urea groups is 1. The number of halogens is 2. The number of fused-ring (bicyclic) bond motifs is 1. The van der Waals surface area contributed by atoms with Crippen molar-refractivity contribution in [2.75, 3.05) is 19.0 Å². The van der Waals surface area contributed by atoms with Crippen LogP contribution in [0.3, 0.4) is 0 Å². The van der Waals surface area contributed by atoms with Crippen LogP contribution in [0.15, 0.2) is 79.0 Å². The molecule has 4 rings (SSSR count). The van der Waals surface area contributed by atoms with Crippen molar-refractivity contribution in [3.8, 4) is 5.88 Å². The van der Waals surface area contributed by atoms with E-state index in [1.54, 1.807) is 18.2 Å². The lowest BCUT2D eigenvalue weighted by Gasteiger charge is -2.32. The Morgan fingerprint density at radius 3 is 2.45 bits per heavy atom. The van der Waals surface area contributed by atoms with Gasteiger partial charge in [-0.25, -0.2) is 14.2 Å². The van der Waals surface area contributed by atoms with Gasteiger partial charge in [0, 0.05) is 29.4 Å². The summed E-state index contributed by atoms with van der Waals surface area (Å²) in [7, 11) is 1.59. The number of hydrogen-bond acceptors (Lipinski definition) is 3. The molecule has 1 N–H and O–H groups in total. The average molecular weight is 464 g/mol. The molecule has 168 valence electrons. The summed E-state index contributed by atoms with van der Waals surface area (Å²) in [4.78, 5) is 19.6. The number of ether oxygens (including phenoxy) is 1. The molecule has 4 aromatic rings. The van der Waals surface area contributed by atoms with Crippen LogP contribution in [-0.2, 0) is 0 Å². The molecule has 5 nitrogen and oxygen atoms in total. The molecule has 2 amide bonds. The van der Waals surface area contributed by atoms with Crippen LogP contribution in [0.5, 0.6) is 5.88 Å². The Bertz CT molecular complexity index is 1280. The molecular weight excluding hydrogens is 441 g/mol. The van der Waals surface area contributed by atoms with Crippen molar-refractivity contribution < 1.29 is 13.9 Å². The minimum atomic E-state index is -0.542. The number of carbonyl (C=O) groups excluding carboxylic acids is 1. The van der Waals surface area contributed by atoms with Gasteiger partial charge in [0.25, 0.3) is 0 Å². The summed E-state index contributed by atoms with van der Waals surface area (Å²) in [6.45, 7) is 2.33. The molecule has 1 unspecified atom stereocenters. The molecule has 1 aromatic heterocycles. The fraction of sp³-hybridized carbons (Fsp3) is 0.154. The first-order valence-electron chi connectivity index (χ1n) is 10.5. The van der Waals surface area contributed by atoms with Gasteiger partial charge in [-0.15, -0.1) is 0 Å². The van der Waals surface area contributed by atoms with Crippen molar-refractivity contribution >= 4 is 34.1 Å². The molecule has 0 saturated heterocycles. The highest BCUT2D eigenvalue weighted by Gasteiger charge is 2.28. The third kappa shape index (κ3) is 4.61.